The van der Waals surface area contributed by atoms with Gasteiger partial charge in [-0.2, -0.15) is 5.10 Å². The molecule has 2 aromatic rings. The molecule has 0 unspecified atom stereocenters. The second-order valence-corrected chi connectivity index (χ2v) is 12.8. The van der Waals surface area contributed by atoms with Crippen LogP contribution in [0, 0.1) is 17.7 Å². The largest absolute Gasteiger partial charge is 0.395 e. The number of amides is 4. The van der Waals surface area contributed by atoms with Crippen LogP contribution in [-0.2, 0) is 20.9 Å². The van der Waals surface area contributed by atoms with Gasteiger partial charge in [-0.25, -0.2) is 4.39 Å². The van der Waals surface area contributed by atoms with Gasteiger partial charge in [0.1, 0.15) is 23.6 Å². The first kappa shape index (κ1) is 36.0. The van der Waals surface area contributed by atoms with E-state index in [0.717, 1.165) is 25.7 Å². The molecule has 1 aromatic carbocycles. The van der Waals surface area contributed by atoms with Crippen molar-refractivity contribution < 1.29 is 28.7 Å². The lowest BCUT2D eigenvalue weighted by molar-refractivity contribution is -0.138. The number of hydrogen-bond donors (Lipinski definition) is 4. The maximum atomic E-state index is 15.7. The number of nitrogens with zero attached hydrogens (tertiary/aromatic N) is 4. The molecule has 2 heterocycles. The lowest BCUT2D eigenvalue weighted by Gasteiger charge is -2.37. The number of rotatable bonds is 13. The summed E-state index contributed by atoms with van der Waals surface area (Å²) in [5.41, 5.74) is 0.812. The molecular weight excluding hydrogens is 605 g/mol. The van der Waals surface area contributed by atoms with Crippen LogP contribution in [0.1, 0.15) is 81.8 Å². The standard InChI is InChI=1S/C34H50FN7O5/c1-5-29(44)38-30(34(47)41-17-15-40(16-18-41)19-20-43)23(4)25-11-12-27(26(35)21-25)37-33(46)31(24-9-7-22(3)8-10-24)39-32(45)28-13-14-36-42(28)6-2/h11-14,21-24,30-31,43H,5-10,15-20H2,1-4H3,(H,37,46)(H,38,44)(H,39,45)/t22?,23-,24?,30+,31-/m0/s1. The summed E-state index contributed by atoms with van der Waals surface area (Å²) >= 11 is 0. The monoisotopic (exact) mass is 655 g/mol. The van der Waals surface area contributed by atoms with Crippen molar-refractivity contribution >= 4 is 29.3 Å². The molecule has 4 rings (SSSR count). The zero-order chi connectivity index (χ0) is 34.1. The fourth-order valence-electron chi connectivity index (χ4n) is 6.53. The third-order valence-electron chi connectivity index (χ3n) is 9.63. The SMILES string of the molecule is CCC(=O)N[C@@H](C(=O)N1CCN(CCO)CC1)[C@@H](C)c1ccc(NC(=O)[C@@H](NC(=O)c2ccnn2CC)C2CCC(C)CC2)c(F)c1. The van der Waals surface area contributed by atoms with Crippen LogP contribution in [0.2, 0.25) is 0 Å². The van der Waals surface area contributed by atoms with Crippen molar-refractivity contribution in [3.8, 4) is 0 Å². The van der Waals surface area contributed by atoms with E-state index < -0.39 is 35.6 Å². The number of benzene rings is 1. The Labute approximate surface area is 276 Å². The Bertz CT molecular complexity index is 1380. The number of nitrogens with one attached hydrogen (secondary N) is 3. The molecule has 0 bridgehead atoms. The van der Waals surface area contributed by atoms with E-state index in [9.17, 15) is 24.3 Å². The maximum Gasteiger partial charge on any atom is 0.270 e. The number of hydrogen-bond acceptors (Lipinski definition) is 7. The Balaban J connectivity index is 1.50. The highest BCUT2D eigenvalue weighted by molar-refractivity contribution is 6.00. The molecule has 2 aliphatic rings. The van der Waals surface area contributed by atoms with Gasteiger partial charge in [0.2, 0.25) is 17.7 Å². The summed E-state index contributed by atoms with van der Waals surface area (Å²) in [5.74, 6) is -2.25. The molecule has 1 aromatic heterocycles. The molecule has 1 saturated carbocycles. The second-order valence-electron chi connectivity index (χ2n) is 12.8. The van der Waals surface area contributed by atoms with Gasteiger partial charge in [-0.05, 0) is 55.4 Å². The molecule has 1 aliphatic heterocycles. The van der Waals surface area contributed by atoms with Crippen molar-refractivity contribution in [2.24, 2.45) is 11.8 Å². The number of aromatic nitrogens is 2. The van der Waals surface area contributed by atoms with E-state index in [1.165, 1.54) is 12.1 Å². The van der Waals surface area contributed by atoms with Crippen molar-refractivity contribution in [2.45, 2.75) is 84.3 Å². The number of β-amino-alcohol motifs (C(OH)–C–C–N with tert-alkyl or cyclic N) is 1. The summed E-state index contributed by atoms with van der Waals surface area (Å²) in [6, 6.07) is 4.23. The normalized spacial score (nSPS) is 20.6. The minimum Gasteiger partial charge on any atom is -0.395 e. The number of carbonyl (C=O) groups excluding carboxylic acids is 4. The van der Waals surface area contributed by atoms with Crippen molar-refractivity contribution in [2.75, 3.05) is 44.6 Å². The summed E-state index contributed by atoms with van der Waals surface area (Å²) in [7, 11) is 0. The zero-order valence-electron chi connectivity index (χ0n) is 28.0. The smallest absolute Gasteiger partial charge is 0.270 e. The maximum absolute atomic E-state index is 15.7. The van der Waals surface area contributed by atoms with E-state index in [4.69, 9.17) is 0 Å². The van der Waals surface area contributed by atoms with Gasteiger partial charge < -0.3 is 26.0 Å². The fraction of sp³-hybridized carbons (Fsp3) is 0.618. The highest BCUT2D eigenvalue weighted by Gasteiger charge is 2.35. The van der Waals surface area contributed by atoms with E-state index in [-0.39, 0.29) is 36.4 Å². The van der Waals surface area contributed by atoms with E-state index in [0.29, 0.717) is 56.4 Å². The quantitative estimate of drug-likeness (QED) is 0.259. The van der Waals surface area contributed by atoms with Crippen LogP contribution in [0.5, 0.6) is 0 Å². The summed E-state index contributed by atoms with van der Waals surface area (Å²) < 4.78 is 17.2. The van der Waals surface area contributed by atoms with Crippen LogP contribution in [0.4, 0.5) is 10.1 Å². The highest BCUT2D eigenvalue weighted by Crippen LogP contribution is 2.32. The molecule has 13 heteroatoms. The number of carbonyl (C=O) groups is 4. The molecule has 2 fully saturated rings. The molecular formula is C34H50FN7O5. The van der Waals surface area contributed by atoms with Crippen molar-refractivity contribution in [3.63, 3.8) is 0 Å². The van der Waals surface area contributed by atoms with Crippen molar-refractivity contribution in [1.29, 1.82) is 0 Å². The van der Waals surface area contributed by atoms with Crippen LogP contribution in [0.15, 0.2) is 30.5 Å². The van der Waals surface area contributed by atoms with E-state index in [2.05, 4.69) is 32.9 Å². The molecule has 4 N–H and O–H groups in total. The summed E-state index contributed by atoms with van der Waals surface area (Å²) in [6.07, 6.45) is 5.13. The molecule has 3 atom stereocenters. The number of halogens is 1. The summed E-state index contributed by atoms with van der Waals surface area (Å²) in [5, 5.41) is 21.8. The first-order chi connectivity index (χ1) is 22.6. The number of piperazine rings is 1. The van der Waals surface area contributed by atoms with Gasteiger partial charge in [0.25, 0.3) is 5.91 Å². The number of aryl methyl sites for hydroxylation is 1. The fourth-order valence-corrected chi connectivity index (χ4v) is 6.53. The van der Waals surface area contributed by atoms with Crippen LogP contribution >= 0.6 is 0 Å². The Kier molecular flexibility index (Phi) is 12.9. The highest BCUT2D eigenvalue weighted by atomic mass is 19.1. The van der Waals surface area contributed by atoms with Gasteiger partial charge in [-0.1, -0.05) is 39.7 Å². The van der Waals surface area contributed by atoms with Gasteiger partial charge in [0.05, 0.1) is 12.3 Å². The average molecular weight is 656 g/mol. The Hall–Kier alpha value is -3.84. The molecule has 1 saturated heterocycles. The Morgan fingerprint density at radius 1 is 1.02 bits per heavy atom. The van der Waals surface area contributed by atoms with E-state index >= 15 is 4.39 Å². The van der Waals surface area contributed by atoms with Crippen LogP contribution in [-0.4, -0.2) is 99.7 Å². The molecule has 47 heavy (non-hydrogen) atoms. The molecule has 0 spiro atoms. The van der Waals surface area contributed by atoms with Gasteiger partial charge in [-0.3, -0.25) is 28.8 Å². The van der Waals surface area contributed by atoms with Gasteiger partial charge in [-0.15, -0.1) is 0 Å². The third kappa shape index (κ3) is 9.16. The first-order valence-corrected chi connectivity index (χ1v) is 16.9. The number of anilines is 1. The predicted octanol–water partition coefficient (Wildman–Crippen LogP) is 2.74. The lowest BCUT2D eigenvalue weighted by atomic mass is 9.79. The topological polar surface area (TPSA) is 149 Å². The first-order valence-electron chi connectivity index (χ1n) is 16.9. The van der Waals surface area contributed by atoms with Crippen LogP contribution in [0.3, 0.4) is 0 Å². The van der Waals surface area contributed by atoms with E-state index in [1.54, 1.807) is 41.8 Å². The van der Waals surface area contributed by atoms with Crippen molar-refractivity contribution in [3.05, 3.63) is 47.5 Å². The molecule has 1 aliphatic carbocycles. The average Bonchev–Trinajstić information content (AvgIpc) is 3.56. The molecule has 258 valence electrons. The predicted molar refractivity (Wildman–Crippen MR) is 176 cm³/mol. The Morgan fingerprint density at radius 3 is 2.34 bits per heavy atom. The molecule has 0 radical (unpaired) electrons. The third-order valence-corrected chi connectivity index (χ3v) is 9.63. The van der Waals surface area contributed by atoms with E-state index in [1.807, 2.05) is 6.92 Å². The second kappa shape index (κ2) is 16.8. The minimum atomic E-state index is -0.906. The van der Waals surface area contributed by atoms with Crippen molar-refractivity contribution in [1.82, 2.24) is 30.2 Å². The van der Waals surface area contributed by atoms with Gasteiger partial charge in [0, 0.05) is 57.8 Å². The zero-order valence-corrected chi connectivity index (χ0v) is 28.0. The minimum absolute atomic E-state index is 0.0338. The number of aliphatic hydroxyl groups excluding tert-OH is 1. The van der Waals surface area contributed by atoms with Crippen LogP contribution in [0.25, 0.3) is 0 Å². The lowest BCUT2D eigenvalue weighted by Crippen LogP contribution is -2.56. The van der Waals surface area contributed by atoms with Crippen LogP contribution < -0.4 is 16.0 Å². The van der Waals surface area contributed by atoms with Gasteiger partial charge >= 0.3 is 0 Å². The summed E-state index contributed by atoms with van der Waals surface area (Å²) in [6.45, 7) is 10.7. The molecule has 4 amide bonds. The summed E-state index contributed by atoms with van der Waals surface area (Å²) in [4.78, 5) is 56.8. The number of aliphatic hydroxyl groups is 1. The van der Waals surface area contributed by atoms with Gasteiger partial charge in [0.15, 0.2) is 0 Å². The molecule has 12 nitrogen and oxygen atoms in total. The Morgan fingerprint density at radius 2 is 1.72 bits per heavy atom.